The van der Waals surface area contributed by atoms with Crippen LogP contribution >= 0.6 is 11.6 Å². The topological polar surface area (TPSA) is 78.2 Å². The summed E-state index contributed by atoms with van der Waals surface area (Å²) in [6, 6.07) is 11.6. The molecule has 160 valence electrons. The molecule has 0 bridgehead atoms. The summed E-state index contributed by atoms with van der Waals surface area (Å²) in [5.74, 6) is 0. The Morgan fingerprint density at radius 1 is 1.03 bits per heavy atom. The summed E-state index contributed by atoms with van der Waals surface area (Å²) in [5.41, 5.74) is 6.13. The van der Waals surface area contributed by atoms with Crippen molar-refractivity contribution in [1.82, 2.24) is 18.9 Å². The first-order valence-electron chi connectivity index (χ1n) is 9.34. The molecule has 0 saturated heterocycles. The second kappa shape index (κ2) is 7.10. The summed E-state index contributed by atoms with van der Waals surface area (Å²) < 4.78 is 43.0. The van der Waals surface area contributed by atoms with Crippen molar-refractivity contribution in [3.05, 3.63) is 88.3 Å². The molecule has 0 radical (unpaired) electrons. The van der Waals surface area contributed by atoms with E-state index in [4.69, 9.17) is 17.3 Å². The first-order valence-corrected chi connectivity index (χ1v) is 9.72. The number of nitrogens with zero attached hydrogens (tertiary/aromatic N) is 4. The van der Waals surface area contributed by atoms with Crippen molar-refractivity contribution in [2.24, 2.45) is 0 Å². The molecule has 0 amide bonds. The lowest BCUT2D eigenvalue weighted by Crippen LogP contribution is -2.24. The molecule has 5 aromatic rings. The Kier molecular flexibility index (Phi) is 4.45. The van der Waals surface area contributed by atoms with Gasteiger partial charge in [0.05, 0.1) is 35.0 Å². The van der Waals surface area contributed by atoms with Crippen LogP contribution in [0.4, 0.5) is 18.9 Å². The monoisotopic (exact) mass is 455 g/mol. The number of pyridine rings is 3. The number of aromatic nitrogens is 4. The molecule has 5 rings (SSSR count). The Labute approximate surface area is 183 Å². The number of nitrogen functional groups attached to an aromatic ring is 1. The maximum atomic E-state index is 13.6. The first-order chi connectivity index (χ1) is 15.2. The fourth-order valence-electron chi connectivity index (χ4n) is 3.63. The predicted octanol–water partition coefficient (Wildman–Crippen LogP) is 4.95. The third-order valence-electron chi connectivity index (χ3n) is 5.14. The van der Waals surface area contributed by atoms with Gasteiger partial charge in [0.1, 0.15) is 11.3 Å². The Balaban J connectivity index is 1.90. The molecule has 6 nitrogen and oxygen atoms in total. The molecule has 0 atom stereocenters. The van der Waals surface area contributed by atoms with E-state index in [2.05, 4.69) is 9.97 Å². The Morgan fingerprint density at radius 2 is 1.78 bits per heavy atom. The maximum Gasteiger partial charge on any atom is 0.433 e. The first kappa shape index (κ1) is 20.1. The fourth-order valence-corrected chi connectivity index (χ4v) is 3.75. The molecule has 10 heteroatoms. The highest BCUT2D eigenvalue weighted by Crippen LogP contribution is 2.34. The van der Waals surface area contributed by atoms with Crippen LogP contribution in [0.3, 0.4) is 0 Å². The van der Waals surface area contributed by atoms with Gasteiger partial charge in [0.15, 0.2) is 0 Å². The molecule has 1 aromatic carbocycles. The molecular formula is C22H13ClF3N5O. The summed E-state index contributed by atoms with van der Waals surface area (Å²) in [5, 5.41) is 0.632. The number of alkyl halides is 3. The van der Waals surface area contributed by atoms with Crippen LogP contribution in [0.5, 0.6) is 0 Å². The van der Waals surface area contributed by atoms with E-state index in [0.717, 1.165) is 16.2 Å². The van der Waals surface area contributed by atoms with Crippen molar-refractivity contribution in [2.75, 3.05) is 5.73 Å². The van der Waals surface area contributed by atoms with E-state index in [1.807, 2.05) is 0 Å². The minimum absolute atomic E-state index is 0.0419. The highest BCUT2D eigenvalue weighted by atomic mass is 35.5. The van der Waals surface area contributed by atoms with Crippen molar-refractivity contribution in [3.63, 3.8) is 0 Å². The van der Waals surface area contributed by atoms with Crippen LogP contribution in [-0.2, 0) is 6.18 Å². The van der Waals surface area contributed by atoms with Gasteiger partial charge in [0, 0.05) is 16.6 Å². The Bertz CT molecular complexity index is 1550. The van der Waals surface area contributed by atoms with Crippen LogP contribution in [0.15, 0.2) is 72.0 Å². The molecule has 0 spiro atoms. The number of benzene rings is 1. The molecular weight excluding hydrogens is 443 g/mol. The lowest BCUT2D eigenvalue weighted by molar-refractivity contribution is -0.141. The van der Waals surface area contributed by atoms with Crippen LogP contribution in [0.2, 0.25) is 5.02 Å². The molecule has 32 heavy (non-hydrogen) atoms. The van der Waals surface area contributed by atoms with Crippen molar-refractivity contribution in [1.29, 1.82) is 0 Å². The van der Waals surface area contributed by atoms with Gasteiger partial charge in [-0.3, -0.25) is 9.36 Å². The van der Waals surface area contributed by atoms with Gasteiger partial charge in [-0.05, 0) is 54.1 Å². The predicted molar refractivity (Wildman–Crippen MR) is 116 cm³/mol. The zero-order valence-electron chi connectivity index (χ0n) is 16.1. The zero-order chi connectivity index (χ0) is 22.6. The number of hydrogen-bond donors (Lipinski definition) is 1. The van der Waals surface area contributed by atoms with Gasteiger partial charge in [0.2, 0.25) is 0 Å². The molecule has 0 fully saturated rings. The van der Waals surface area contributed by atoms with E-state index in [9.17, 15) is 18.0 Å². The van der Waals surface area contributed by atoms with Gasteiger partial charge < -0.3 is 10.1 Å². The molecule has 0 unspecified atom stereocenters. The lowest BCUT2D eigenvalue weighted by atomic mass is 10.0. The van der Waals surface area contributed by atoms with E-state index >= 15 is 0 Å². The van der Waals surface area contributed by atoms with E-state index in [1.54, 1.807) is 35.3 Å². The largest absolute Gasteiger partial charge is 0.433 e. The van der Waals surface area contributed by atoms with Crippen molar-refractivity contribution in [3.8, 4) is 16.8 Å². The van der Waals surface area contributed by atoms with E-state index in [1.165, 1.54) is 30.3 Å². The Morgan fingerprint density at radius 3 is 2.50 bits per heavy atom. The van der Waals surface area contributed by atoms with E-state index in [0.29, 0.717) is 16.3 Å². The third-order valence-corrected chi connectivity index (χ3v) is 5.39. The van der Waals surface area contributed by atoms with Gasteiger partial charge in [-0.15, -0.1) is 0 Å². The third kappa shape index (κ3) is 3.18. The quantitative estimate of drug-likeness (QED) is 0.408. The summed E-state index contributed by atoms with van der Waals surface area (Å²) in [7, 11) is 0. The summed E-state index contributed by atoms with van der Waals surface area (Å²) in [6.07, 6.45) is 0.265. The van der Waals surface area contributed by atoms with Gasteiger partial charge in [0.25, 0.3) is 5.56 Å². The standard InChI is InChI=1S/C22H13ClF3N5O/c23-13-1-3-14(4-2-13)31-20-16(5-6-17(29-20)22(24,25)26)19(27)18(21(31)32)12-7-8-30-11-28-10-15(30)9-12/h1-11H,27H2. The number of hydrogen-bond acceptors (Lipinski definition) is 4. The van der Waals surface area contributed by atoms with Gasteiger partial charge >= 0.3 is 6.18 Å². The molecule has 0 saturated carbocycles. The Hall–Kier alpha value is -3.85. The number of anilines is 1. The van der Waals surface area contributed by atoms with Crippen LogP contribution in [0.1, 0.15) is 5.69 Å². The highest BCUT2D eigenvalue weighted by molar-refractivity contribution is 6.30. The number of rotatable bonds is 2. The molecule has 0 aliphatic carbocycles. The van der Waals surface area contributed by atoms with Gasteiger partial charge in [-0.2, -0.15) is 13.2 Å². The number of imidazole rings is 1. The van der Waals surface area contributed by atoms with Crippen LogP contribution in [-0.4, -0.2) is 18.9 Å². The molecule has 4 aromatic heterocycles. The molecule has 0 aliphatic heterocycles. The molecule has 4 heterocycles. The van der Waals surface area contributed by atoms with Crippen molar-refractivity contribution < 1.29 is 13.2 Å². The van der Waals surface area contributed by atoms with Gasteiger partial charge in [-0.1, -0.05) is 11.6 Å². The summed E-state index contributed by atoms with van der Waals surface area (Å²) in [6.45, 7) is 0. The zero-order valence-corrected chi connectivity index (χ0v) is 16.9. The van der Waals surface area contributed by atoms with Crippen LogP contribution in [0, 0.1) is 0 Å². The van der Waals surface area contributed by atoms with Crippen molar-refractivity contribution >= 4 is 33.8 Å². The minimum atomic E-state index is -4.68. The number of halogens is 4. The average molecular weight is 456 g/mol. The van der Waals surface area contributed by atoms with Gasteiger partial charge in [-0.25, -0.2) is 9.97 Å². The van der Waals surface area contributed by atoms with Crippen molar-refractivity contribution in [2.45, 2.75) is 6.18 Å². The lowest BCUT2D eigenvalue weighted by Gasteiger charge is -2.17. The molecule has 0 aliphatic rings. The normalized spacial score (nSPS) is 12.0. The fraction of sp³-hybridized carbons (Fsp3) is 0.0455. The van der Waals surface area contributed by atoms with E-state index in [-0.39, 0.29) is 22.3 Å². The summed E-state index contributed by atoms with van der Waals surface area (Å²) >= 11 is 5.96. The average Bonchev–Trinajstić information content (AvgIpc) is 3.22. The molecule has 2 N–H and O–H groups in total. The van der Waals surface area contributed by atoms with E-state index < -0.39 is 17.4 Å². The number of fused-ring (bicyclic) bond motifs is 2. The minimum Gasteiger partial charge on any atom is -0.397 e. The second-order valence-corrected chi connectivity index (χ2v) is 7.55. The highest BCUT2D eigenvalue weighted by Gasteiger charge is 2.33. The number of nitrogens with two attached hydrogens (primary N) is 1. The summed E-state index contributed by atoms with van der Waals surface area (Å²) in [4.78, 5) is 21.4. The maximum absolute atomic E-state index is 13.6. The second-order valence-electron chi connectivity index (χ2n) is 7.11. The van der Waals surface area contributed by atoms with Crippen LogP contribution in [0.25, 0.3) is 33.4 Å². The smallest absolute Gasteiger partial charge is 0.397 e. The SMILES string of the molecule is Nc1c(-c2ccn3cncc3c2)c(=O)n(-c2ccc(Cl)cc2)c2nc(C(F)(F)F)ccc12. The van der Waals surface area contributed by atoms with Crippen LogP contribution < -0.4 is 11.3 Å².